The van der Waals surface area contributed by atoms with Gasteiger partial charge >= 0.3 is 0 Å². The third-order valence-corrected chi connectivity index (χ3v) is 4.14. The summed E-state index contributed by atoms with van der Waals surface area (Å²) in [6, 6.07) is 10.9. The van der Waals surface area contributed by atoms with Crippen LogP contribution >= 0.6 is 27.5 Å². The van der Waals surface area contributed by atoms with Crippen molar-refractivity contribution in [3.8, 4) is 0 Å². The van der Waals surface area contributed by atoms with Gasteiger partial charge in [0.15, 0.2) is 0 Å². The molecule has 4 nitrogen and oxygen atoms in total. The maximum absolute atomic E-state index is 12.0. The molecular formula is C11H8BrClN2O2S. The molecule has 0 fully saturated rings. The van der Waals surface area contributed by atoms with Crippen LogP contribution in [0.1, 0.15) is 0 Å². The number of rotatable bonds is 3. The zero-order valence-corrected chi connectivity index (χ0v) is 12.1. The number of hydrogen-bond donors (Lipinski definition) is 1. The standard InChI is InChI=1S/C11H8BrClN2O2S/c12-10-2-1-3-11(14-10)15-18(16,17)9-6-4-8(13)5-7-9/h1-7H,(H,14,15). The lowest BCUT2D eigenvalue weighted by Crippen LogP contribution is -2.13. The molecule has 0 aliphatic rings. The molecule has 0 saturated carbocycles. The Morgan fingerprint density at radius 3 is 2.39 bits per heavy atom. The van der Waals surface area contributed by atoms with Gasteiger partial charge in [0, 0.05) is 5.02 Å². The van der Waals surface area contributed by atoms with Crippen molar-refractivity contribution in [2.24, 2.45) is 0 Å². The maximum atomic E-state index is 12.0. The van der Waals surface area contributed by atoms with Crippen LogP contribution < -0.4 is 4.72 Å². The van der Waals surface area contributed by atoms with E-state index in [1.807, 2.05) is 0 Å². The second kappa shape index (κ2) is 5.26. The first-order valence-corrected chi connectivity index (χ1v) is 7.54. The summed E-state index contributed by atoms with van der Waals surface area (Å²) in [6.45, 7) is 0. The van der Waals surface area contributed by atoms with Crippen LogP contribution in [0.5, 0.6) is 0 Å². The molecule has 0 saturated heterocycles. The van der Waals surface area contributed by atoms with Crippen molar-refractivity contribution < 1.29 is 8.42 Å². The minimum absolute atomic E-state index is 0.133. The van der Waals surface area contributed by atoms with Crippen LogP contribution in [0.25, 0.3) is 0 Å². The van der Waals surface area contributed by atoms with E-state index >= 15 is 0 Å². The maximum Gasteiger partial charge on any atom is 0.263 e. The minimum atomic E-state index is -3.64. The number of anilines is 1. The van der Waals surface area contributed by atoms with Gasteiger partial charge in [0.25, 0.3) is 10.0 Å². The van der Waals surface area contributed by atoms with Gasteiger partial charge in [-0.05, 0) is 52.3 Å². The van der Waals surface area contributed by atoms with Gasteiger partial charge in [-0.25, -0.2) is 13.4 Å². The Kier molecular flexibility index (Phi) is 3.89. The van der Waals surface area contributed by atoms with Crippen LogP contribution in [0.15, 0.2) is 52.0 Å². The first kappa shape index (κ1) is 13.3. The van der Waals surface area contributed by atoms with Gasteiger partial charge in [-0.2, -0.15) is 0 Å². The monoisotopic (exact) mass is 346 g/mol. The van der Waals surface area contributed by atoms with E-state index in [1.54, 1.807) is 18.2 Å². The number of pyridine rings is 1. The number of benzene rings is 1. The molecule has 0 aliphatic carbocycles. The fraction of sp³-hybridized carbons (Fsp3) is 0. The third kappa shape index (κ3) is 3.22. The molecule has 2 aromatic rings. The van der Waals surface area contributed by atoms with E-state index in [0.717, 1.165) is 0 Å². The lowest BCUT2D eigenvalue weighted by atomic mass is 10.4. The lowest BCUT2D eigenvalue weighted by Gasteiger charge is -2.07. The molecule has 0 spiro atoms. The topological polar surface area (TPSA) is 59.1 Å². The van der Waals surface area contributed by atoms with E-state index in [0.29, 0.717) is 9.63 Å². The van der Waals surface area contributed by atoms with Crippen molar-refractivity contribution in [3.63, 3.8) is 0 Å². The highest BCUT2D eigenvalue weighted by atomic mass is 79.9. The molecular weight excluding hydrogens is 340 g/mol. The summed E-state index contributed by atoms with van der Waals surface area (Å²) in [5, 5.41) is 0.481. The zero-order chi connectivity index (χ0) is 13.2. The highest BCUT2D eigenvalue weighted by molar-refractivity contribution is 9.10. The van der Waals surface area contributed by atoms with Gasteiger partial charge < -0.3 is 0 Å². The van der Waals surface area contributed by atoms with Crippen LogP contribution in [-0.4, -0.2) is 13.4 Å². The number of aromatic nitrogens is 1. The zero-order valence-electron chi connectivity index (χ0n) is 8.97. The van der Waals surface area contributed by atoms with Crippen LogP contribution in [0.3, 0.4) is 0 Å². The first-order valence-electron chi connectivity index (χ1n) is 4.88. The number of nitrogens with one attached hydrogen (secondary N) is 1. The average Bonchev–Trinajstić information content (AvgIpc) is 2.29. The Hall–Kier alpha value is -1.11. The van der Waals surface area contributed by atoms with E-state index in [4.69, 9.17) is 11.6 Å². The summed E-state index contributed by atoms with van der Waals surface area (Å²) in [7, 11) is -3.64. The molecule has 0 unspecified atom stereocenters. The van der Waals surface area contributed by atoms with E-state index in [-0.39, 0.29) is 10.7 Å². The smallest absolute Gasteiger partial charge is 0.263 e. The van der Waals surface area contributed by atoms with Gasteiger partial charge in [-0.3, -0.25) is 4.72 Å². The van der Waals surface area contributed by atoms with Gasteiger partial charge in [0.05, 0.1) is 4.90 Å². The molecule has 94 valence electrons. The number of nitrogens with zero attached hydrogens (tertiary/aromatic N) is 1. The van der Waals surface area contributed by atoms with Crippen molar-refractivity contribution in [2.75, 3.05) is 4.72 Å². The van der Waals surface area contributed by atoms with Crippen molar-refractivity contribution in [3.05, 3.63) is 52.1 Å². The highest BCUT2D eigenvalue weighted by Crippen LogP contribution is 2.18. The van der Waals surface area contributed by atoms with Crippen LogP contribution in [0, 0.1) is 0 Å². The fourth-order valence-corrected chi connectivity index (χ4v) is 2.75. The van der Waals surface area contributed by atoms with Crippen LogP contribution in [0.4, 0.5) is 5.82 Å². The van der Waals surface area contributed by atoms with E-state index < -0.39 is 10.0 Å². The highest BCUT2D eigenvalue weighted by Gasteiger charge is 2.14. The molecule has 0 bridgehead atoms. The summed E-state index contributed by atoms with van der Waals surface area (Å²) in [5.74, 6) is 0.249. The van der Waals surface area contributed by atoms with Crippen molar-refractivity contribution in [1.29, 1.82) is 0 Å². The number of sulfonamides is 1. The van der Waals surface area contributed by atoms with Crippen molar-refractivity contribution >= 4 is 43.4 Å². The Morgan fingerprint density at radius 1 is 1.11 bits per heavy atom. The van der Waals surface area contributed by atoms with E-state index in [1.165, 1.54) is 24.3 Å². The second-order valence-corrected chi connectivity index (χ2v) is 6.34. The second-order valence-electron chi connectivity index (χ2n) is 3.40. The SMILES string of the molecule is O=S(=O)(Nc1cccc(Br)n1)c1ccc(Cl)cc1. The molecule has 1 heterocycles. The molecule has 18 heavy (non-hydrogen) atoms. The third-order valence-electron chi connectivity index (χ3n) is 2.08. The fourth-order valence-electron chi connectivity index (χ4n) is 1.28. The van der Waals surface area contributed by atoms with Gasteiger partial charge in [-0.1, -0.05) is 17.7 Å². The predicted octanol–water partition coefficient (Wildman–Crippen LogP) is 3.30. The Labute approximate surface area is 118 Å². The molecule has 0 atom stereocenters. The molecule has 2 rings (SSSR count). The molecule has 0 aliphatic heterocycles. The molecule has 7 heteroatoms. The Bertz CT molecular complexity index is 659. The number of halogens is 2. The van der Waals surface area contributed by atoms with Gasteiger partial charge in [0.2, 0.25) is 0 Å². The summed E-state index contributed by atoms with van der Waals surface area (Å²) >= 11 is 8.88. The van der Waals surface area contributed by atoms with Crippen LogP contribution in [0.2, 0.25) is 5.02 Å². The summed E-state index contributed by atoms with van der Waals surface area (Å²) in [4.78, 5) is 4.13. The van der Waals surface area contributed by atoms with Gasteiger partial charge in [0.1, 0.15) is 10.4 Å². The minimum Gasteiger partial charge on any atom is -0.263 e. The molecule has 1 aromatic heterocycles. The molecule has 1 aromatic carbocycles. The lowest BCUT2D eigenvalue weighted by molar-refractivity contribution is 0.601. The average molecular weight is 348 g/mol. The summed E-state index contributed by atoms with van der Waals surface area (Å²) in [6.07, 6.45) is 0. The molecule has 1 N–H and O–H groups in total. The normalized spacial score (nSPS) is 11.2. The van der Waals surface area contributed by atoms with Gasteiger partial charge in [-0.15, -0.1) is 0 Å². The van der Waals surface area contributed by atoms with Crippen molar-refractivity contribution in [2.45, 2.75) is 4.90 Å². The Morgan fingerprint density at radius 2 is 1.78 bits per heavy atom. The quantitative estimate of drug-likeness (QED) is 0.867. The molecule has 0 amide bonds. The summed E-state index contributed by atoms with van der Waals surface area (Å²) in [5.41, 5.74) is 0. The van der Waals surface area contributed by atoms with Crippen LogP contribution in [-0.2, 0) is 10.0 Å². The Balaban J connectivity index is 2.30. The number of hydrogen-bond acceptors (Lipinski definition) is 3. The predicted molar refractivity (Wildman–Crippen MR) is 74.2 cm³/mol. The van der Waals surface area contributed by atoms with E-state index in [2.05, 4.69) is 25.6 Å². The largest absolute Gasteiger partial charge is 0.263 e. The van der Waals surface area contributed by atoms with Crippen molar-refractivity contribution in [1.82, 2.24) is 4.98 Å². The van der Waals surface area contributed by atoms with E-state index in [9.17, 15) is 8.42 Å². The summed E-state index contributed by atoms with van der Waals surface area (Å²) < 4.78 is 27.0. The molecule has 0 radical (unpaired) electrons. The first-order chi connectivity index (χ1) is 8.47.